The van der Waals surface area contributed by atoms with E-state index in [9.17, 15) is 26.4 Å². The summed E-state index contributed by atoms with van der Waals surface area (Å²) in [6.45, 7) is 3.73. The Kier molecular flexibility index (Phi) is 7.95. The smallest absolute Gasteiger partial charge is 0.427 e. The quantitative estimate of drug-likeness (QED) is 0.496. The third kappa shape index (κ3) is 6.78. The minimum atomic E-state index is -4.67. The summed E-state index contributed by atoms with van der Waals surface area (Å²) in [4.78, 5) is 17.7. The Bertz CT molecular complexity index is 1010. The molecule has 1 aliphatic carbocycles. The second-order valence-electron chi connectivity index (χ2n) is 9.76. The Morgan fingerprint density at radius 2 is 1.71 bits per heavy atom. The largest absolute Gasteiger partial charge is 0.460 e. The Morgan fingerprint density at radius 3 is 2.23 bits per heavy atom. The van der Waals surface area contributed by atoms with Gasteiger partial charge in [-0.05, 0) is 58.6 Å². The maximum atomic E-state index is 13.0. The van der Waals surface area contributed by atoms with Crippen molar-refractivity contribution in [3.8, 4) is 5.75 Å². The van der Waals surface area contributed by atoms with Crippen molar-refractivity contribution in [2.45, 2.75) is 94.4 Å². The van der Waals surface area contributed by atoms with Crippen LogP contribution in [0, 0.1) is 6.92 Å². The van der Waals surface area contributed by atoms with E-state index in [2.05, 4.69) is 4.98 Å². The number of piperidine rings is 1. The molecule has 12 heteroatoms. The predicted molar refractivity (Wildman–Crippen MR) is 121 cm³/mol. The summed E-state index contributed by atoms with van der Waals surface area (Å²) in [5.41, 5.74) is -2.14. The van der Waals surface area contributed by atoms with Gasteiger partial charge in [0.25, 0.3) is 0 Å². The number of rotatable bonds is 6. The number of sulfone groups is 1. The fourth-order valence-corrected chi connectivity index (χ4v) is 4.79. The summed E-state index contributed by atoms with van der Waals surface area (Å²) >= 11 is 0. The lowest BCUT2D eigenvalue weighted by atomic mass is 9.93. The summed E-state index contributed by atoms with van der Waals surface area (Å²) in [5, 5.41) is -0.0334. The number of pyridine rings is 1. The van der Waals surface area contributed by atoms with Crippen molar-refractivity contribution in [1.29, 1.82) is 0 Å². The van der Waals surface area contributed by atoms with Crippen LogP contribution >= 0.6 is 0 Å². The maximum absolute atomic E-state index is 13.0. The van der Waals surface area contributed by atoms with Gasteiger partial charge in [-0.2, -0.15) is 13.2 Å². The number of alkyl halides is 3. The van der Waals surface area contributed by atoms with E-state index in [-0.39, 0.29) is 24.2 Å². The maximum Gasteiger partial charge on any atom is 0.427 e. The fraction of sp³-hybridized carbons (Fsp3) is 0.739. The first-order chi connectivity index (χ1) is 16.1. The van der Waals surface area contributed by atoms with E-state index in [0.717, 1.165) is 39.4 Å². The molecule has 1 aromatic rings. The highest BCUT2D eigenvalue weighted by Crippen LogP contribution is 2.38. The minimum absolute atomic E-state index is 0.0334. The number of amides is 1. The molecule has 0 unspecified atom stereocenters. The molecule has 1 aromatic heterocycles. The topological polar surface area (TPSA) is 95.0 Å². The van der Waals surface area contributed by atoms with E-state index in [1.54, 1.807) is 13.0 Å². The van der Waals surface area contributed by atoms with E-state index in [4.69, 9.17) is 14.2 Å². The summed E-state index contributed by atoms with van der Waals surface area (Å²) in [7, 11) is -3.45. The molecule has 1 saturated heterocycles. The Morgan fingerprint density at radius 1 is 1.11 bits per heavy atom. The number of hydrogen-bond donors (Lipinski definition) is 0. The number of likely N-dealkylation sites (tertiary alicyclic amines) is 1. The summed E-state index contributed by atoms with van der Waals surface area (Å²) < 4.78 is 80.2. The van der Waals surface area contributed by atoms with Gasteiger partial charge in [0.05, 0.1) is 11.8 Å². The number of hydrogen-bond acceptors (Lipinski definition) is 7. The lowest BCUT2D eigenvalue weighted by molar-refractivity contribution is -0.248. The first-order valence-electron chi connectivity index (χ1n) is 11.7. The van der Waals surface area contributed by atoms with E-state index in [0.29, 0.717) is 37.1 Å². The molecule has 1 aliphatic heterocycles. The van der Waals surface area contributed by atoms with Crippen LogP contribution in [-0.4, -0.2) is 67.4 Å². The van der Waals surface area contributed by atoms with Crippen LogP contribution in [-0.2, 0) is 19.3 Å². The van der Waals surface area contributed by atoms with Gasteiger partial charge in [-0.1, -0.05) is 6.42 Å². The summed E-state index contributed by atoms with van der Waals surface area (Å²) in [6, 6.07) is 2.99. The van der Waals surface area contributed by atoms with Gasteiger partial charge in [-0.15, -0.1) is 0 Å². The van der Waals surface area contributed by atoms with Crippen LogP contribution < -0.4 is 4.74 Å². The molecule has 198 valence electrons. The Hall–Kier alpha value is -2.08. The highest BCUT2D eigenvalue weighted by Gasteiger charge is 2.51. The number of aromatic nitrogens is 1. The van der Waals surface area contributed by atoms with Crippen LogP contribution in [0.15, 0.2) is 17.2 Å². The zero-order valence-electron chi connectivity index (χ0n) is 20.5. The molecule has 0 N–H and O–H groups in total. The normalized spacial score (nSPS) is 19.9. The molecule has 8 nitrogen and oxygen atoms in total. The number of nitrogens with zero attached hydrogens (tertiary/aromatic N) is 2. The van der Waals surface area contributed by atoms with E-state index >= 15 is 0 Å². The van der Waals surface area contributed by atoms with Crippen molar-refractivity contribution in [3.63, 3.8) is 0 Å². The molecule has 3 rings (SSSR count). The van der Waals surface area contributed by atoms with Crippen molar-refractivity contribution in [2.24, 2.45) is 0 Å². The zero-order chi connectivity index (χ0) is 26.1. The van der Waals surface area contributed by atoms with Gasteiger partial charge >= 0.3 is 12.3 Å². The van der Waals surface area contributed by atoms with Crippen LogP contribution in [0.25, 0.3) is 0 Å². The third-order valence-corrected chi connectivity index (χ3v) is 7.40. The van der Waals surface area contributed by atoms with Gasteiger partial charge < -0.3 is 19.1 Å². The second-order valence-corrected chi connectivity index (χ2v) is 11.7. The molecule has 1 amide bonds. The van der Waals surface area contributed by atoms with Crippen LogP contribution in [0.5, 0.6) is 5.75 Å². The van der Waals surface area contributed by atoms with Crippen LogP contribution in [0.3, 0.4) is 0 Å². The van der Waals surface area contributed by atoms with Crippen molar-refractivity contribution >= 4 is 15.9 Å². The summed E-state index contributed by atoms with van der Waals surface area (Å²) in [6.07, 6.45) is 0.140. The molecule has 2 heterocycles. The van der Waals surface area contributed by atoms with Crippen molar-refractivity contribution in [2.75, 3.05) is 19.3 Å². The number of carbonyl (C=O) groups is 1. The van der Waals surface area contributed by atoms with Gasteiger partial charge in [0, 0.05) is 32.2 Å². The van der Waals surface area contributed by atoms with Gasteiger partial charge in [0.1, 0.15) is 5.75 Å². The molecule has 35 heavy (non-hydrogen) atoms. The zero-order valence-corrected chi connectivity index (χ0v) is 21.3. The SMILES string of the molecule is Cc1nc(S(C)(=O)=O)ccc1OC1(OC2CCN(C(=O)OC(C)(C)C(F)(F)F)CC2)CCCCC1. The molecule has 0 aromatic carbocycles. The Balaban J connectivity index is 1.65. The molecule has 0 spiro atoms. The van der Waals surface area contributed by atoms with Crippen LogP contribution in [0.4, 0.5) is 18.0 Å². The van der Waals surface area contributed by atoms with Crippen molar-refractivity contribution in [1.82, 2.24) is 9.88 Å². The second kappa shape index (κ2) is 10.1. The number of aryl methyl sites for hydroxylation is 1. The highest BCUT2D eigenvalue weighted by atomic mass is 32.2. The minimum Gasteiger partial charge on any atom is -0.460 e. The molecule has 2 aliphatic rings. The molecule has 0 bridgehead atoms. The molecular weight excluding hydrogens is 489 g/mol. The van der Waals surface area contributed by atoms with Gasteiger partial charge in [-0.25, -0.2) is 18.2 Å². The fourth-order valence-electron chi connectivity index (χ4n) is 4.18. The average Bonchev–Trinajstić information content (AvgIpc) is 2.74. The average molecular weight is 523 g/mol. The van der Waals surface area contributed by atoms with Gasteiger partial charge in [0.15, 0.2) is 14.9 Å². The number of halogens is 3. The van der Waals surface area contributed by atoms with Crippen LogP contribution in [0.1, 0.15) is 64.5 Å². The van der Waals surface area contributed by atoms with Crippen molar-refractivity contribution in [3.05, 3.63) is 17.8 Å². The van der Waals surface area contributed by atoms with Gasteiger partial charge in [0.2, 0.25) is 11.4 Å². The first-order valence-corrected chi connectivity index (χ1v) is 13.6. The van der Waals surface area contributed by atoms with Crippen LogP contribution in [0.2, 0.25) is 0 Å². The number of carbonyl (C=O) groups excluding carboxylic acids is 1. The third-order valence-electron chi connectivity index (χ3n) is 6.41. The number of ether oxygens (including phenoxy) is 3. The molecular formula is C23H33F3N2O6S. The van der Waals surface area contributed by atoms with E-state index in [1.165, 1.54) is 11.0 Å². The Labute approximate surface area is 204 Å². The molecule has 0 atom stereocenters. The van der Waals surface area contributed by atoms with Crippen molar-refractivity contribution < 1.29 is 40.6 Å². The summed E-state index contributed by atoms with van der Waals surface area (Å²) in [5.74, 6) is -0.474. The molecule has 2 fully saturated rings. The first kappa shape index (κ1) is 27.5. The lowest BCUT2D eigenvalue weighted by Crippen LogP contribution is -2.51. The lowest BCUT2D eigenvalue weighted by Gasteiger charge is -2.42. The highest BCUT2D eigenvalue weighted by molar-refractivity contribution is 7.90. The predicted octanol–water partition coefficient (Wildman–Crippen LogP) is 4.79. The van der Waals surface area contributed by atoms with E-state index < -0.39 is 33.5 Å². The van der Waals surface area contributed by atoms with E-state index in [1.807, 2.05) is 0 Å². The standard InChI is InChI=1S/C23H33F3N2O6S/c1-16-18(8-9-19(27-16)35(4,30)31)33-22(12-6-5-7-13-22)32-17-10-14-28(15-11-17)20(29)34-21(2,3)23(24,25)26/h8-9,17H,5-7,10-15H2,1-4H3. The molecule has 0 radical (unpaired) electrons. The monoisotopic (exact) mass is 522 g/mol. The van der Waals surface area contributed by atoms with Gasteiger partial charge in [-0.3, -0.25) is 0 Å². The molecule has 1 saturated carbocycles.